The van der Waals surface area contributed by atoms with Gasteiger partial charge in [-0.3, -0.25) is 9.59 Å². The Morgan fingerprint density at radius 3 is 2.63 bits per heavy atom. The number of ketones is 1. The maximum Gasteiger partial charge on any atom is 0.227 e. The zero-order chi connectivity index (χ0) is 14.2. The van der Waals surface area contributed by atoms with E-state index in [0.717, 1.165) is 5.56 Å². The summed E-state index contributed by atoms with van der Waals surface area (Å²) < 4.78 is 13.3. The van der Waals surface area contributed by atoms with Crippen LogP contribution in [0.25, 0.3) is 0 Å². The summed E-state index contributed by atoms with van der Waals surface area (Å²) in [6, 6.07) is 4.41. The van der Waals surface area contributed by atoms with E-state index in [4.69, 9.17) is 0 Å². The quantitative estimate of drug-likeness (QED) is 0.822. The lowest BCUT2D eigenvalue weighted by Gasteiger charge is -2.31. The van der Waals surface area contributed by atoms with Crippen LogP contribution in [0.1, 0.15) is 32.8 Å². The Labute approximate surface area is 112 Å². The molecule has 0 saturated carbocycles. The van der Waals surface area contributed by atoms with Crippen LogP contribution in [0.4, 0.5) is 10.1 Å². The standard InChI is InChI=1S/C15H18FNO2/c1-15(2,3)13(18)9-17-12-8-11(16)6-4-10(12)5-7-14(17)19/h4,6,8H,5,7,9H2,1-3H3. The number of carbonyl (C=O) groups is 2. The number of fused-ring (bicyclic) bond motifs is 1. The minimum absolute atomic E-state index is 0.0127. The van der Waals surface area contributed by atoms with Crippen LogP contribution in [0.3, 0.4) is 0 Å². The zero-order valence-electron chi connectivity index (χ0n) is 11.5. The molecule has 1 heterocycles. The SMILES string of the molecule is CC(C)(C)C(=O)CN1C(=O)CCc2ccc(F)cc21. The molecule has 3 nitrogen and oxygen atoms in total. The topological polar surface area (TPSA) is 37.4 Å². The van der Waals surface area contributed by atoms with E-state index in [1.807, 2.05) is 20.8 Å². The molecule has 19 heavy (non-hydrogen) atoms. The zero-order valence-corrected chi connectivity index (χ0v) is 11.5. The van der Waals surface area contributed by atoms with E-state index in [-0.39, 0.29) is 24.1 Å². The second kappa shape index (κ2) is 4.76. The molecule has 0 bridgehead atoms. The van der Waals surface area contributed by atoms with Crippen LogP contribution in [0.5, 0.6) is 0 Å². The van der Waals surface area contributed by atoms with Gasteiger partial charge in [0, 0.05) is 11.8 Å². The molecule has 0 spiro atoms. The summed E-state index contributed by atoms with van der Waals surface area (Å²) in [6.45, 7) is 5.46. The van der Waals surface area contributed by atoms with Crippen molar-refractivity contribution in [3.63, 3.8) is 0 Å². The van der Waals surface area contributed by atoms with Crippen LogP contribution in [0.15, 0.2) is 18.2 Å². The molecule has 1 aromatic carbocycles. The van der Waals surface area contributed by atoms with Gasteiger partial charge in [-0.2, -0.15) is 0 Å². The predicted molar refractivity (Wildman–Crippen MR) is 71.5 cm³/mol. The van der Waals surface area contributed by atoms with Crippen molar-refractivity contribution >= 4 is 17.4 Å². The molecule has 0 aromatic heterocycles. The van der Waals surface area contributed by atoms with Crippen molar-refractivity contribution in [2.45, 2.75) is 33.6 Å². The molecule has 0 N–H and O–H groups in total. The number of halogens is 1. The van der Waals surface area contributed by atoms with E-state index < -0.39 is 5.41 Å². The lowest BCUT2D eigenvalue weighted by Crippen LogP contribution is -2.42. The number of Topliss-reactive ketones (excluding diaryl/α,β-unsaturated/α-hetero) is 1. The van der Waals surface area contributed by atoms with Crippen molar-refractivity contribution in [1.29, 1.82) is 0 Å². The summed E-state index contributed by atoms with van der Waals surface area (Å²) in [5.41, 5.74) is 0.946. The van der Waals surface area contributed by atoms with E-state index in [1.54, 1.807) is 6.07 Å². The number of aryl methyl sites for hydroxylation is 1. The Kier molecular flexibility index (Phi) is 3.43. The van der Waals surface area contributed by atoms with Crippen LogP contribution >= 0.6 is 0 Å². The number of rotatable bonds is 2. The van der Waals surface area contributed by atoms with Gasteiger partial charge in [-0.05, 0) is 24.1 Å². The largest absolute Gasteiger partial charge is 0.305 e. The van der Waals surface area contributed by atoms with Gasteiger partial charge < -0.3 is 4.90 Å². The Morgan fingerprint density at radius 1 is 1.32 bits per heavy atom. The van der Waals surface area contributed by atoms with Gasteiger partial charge in [-0.25, -0.2) is 4.39 Å². The third-order valence-corrected chi connectivity index (χ3v) is 3.39. The fraction of sp³-hybridized carbons (Fsp3) is 0.467. The normalized spacial score (nSPS) is 15.4. The molecule has 0 unspecified atom stereocenters. The average Bonchev–Trinajstić information content (AvgIpc) is 2.31. The number of nitrogens with zero attached hydrogens (tertiary/aromatic N) is 1. The molecule has 2 rings (SSSR count). The molecule has 102 valence electrons. The maximum absolute atomic E-state index is 13.3. The van der Waals surface area contributed by atoms with E-state index in [0.29, 0.717) is 18.5 Å². The van der Waals surface area contributed by atoms with Gasteiger partial charge in [0.05, 0.1) is 12.2 Å². The molecule has 0 aliphatic carbocycles. The molecule has 0 fully saturated rings. The number of benzene rings is 1. The number of hydrogen-bond acceptors (Lipinski definition) is 2. The molecule has 0 radical (unpaired) electrons. The Balaban J connectivity index is 2.33. The van der Waals surface area contributed by atoms with Crippen molar-refractivity contribution in [3.8, 4) is 0 Å². The molecule has 4 heteroatoms. The highest BCUT2D eigenvalue weighted by atomic mass is 19.1. The number of hydrogen-bond donors (Lipinski definition) is 0. The monoisotopic (exact) mass is 263 g/mol. The summed E-state index contributed by atoms with van der Waals surface area (Å²) in [6.07, 6.45) is 0.977. The summed E-state index contributed by atoms with van der Waals surface area (Å²) in [5.74, 6) is -0.532. The van der Waals surface area contributed by atoms with Crippen LogP contribution in [-0.4, -0.2) is 18.2 Å². The van der Waals surface area contributed by atoms with Gasteiger partial charge >= 0.3 is 0 Å². The molecule has 0 atom stereocenters. The fourth-order valence-electron chi connectivity index (χ4n) is 2.06. The molecule has 0 saturated heterocycles. The smallest absolute Gasteiger partial charge is 0.227 e. The van der Waals surface area contributed by atoms with Crippen LogP contribution in [-0.2, 0) is 16.0 Å². The van der Waals surface area contributed by atoms with Gasteiger partial charge in [0.25, 0.3) is 0 Å². The van der Waals surface area contributed by atoms with Crippen molar-refractivity contribution in [3.05, 3.63) is 29.6 Å². The average molecular weight is 263 g/mol. The first-order valence-corrected chi connectivity index (χ1v) is 6.41. The van der Waals surface area contributed by atoms with Gasteiger partial charge in [0.15, 0.2) is 5.78 Å². The molecule has 1 aliphatic heterocycles. The highest BCUT2D eigenvalue weighted by Gasteiger charge is 2.30. The third kappa shape index (κ3) is 2.83. The van der Waals surface area contributed by atoms with Gasteiger partial charge in [0.2, 0.25) is 5.91 Å². The van der Waals surface area contributed by atoms with Gasteiger partial charge in [0.1, 0.15) is 5.82 Å². The first-order valence-electron chi connectivity index (χ1n) is 6.41. The van der Waals surface area contributed by atoms with E-state index in [1.165, 1.54) is 17.0 Å². The van der Waals surface area contributed by atoms with E-state index >= 15 is 0 Å². The second-order valence-electron chi connectivity index (χ2n) is 5.93. The van der Waals surface area contributed by atoms with Gasteiger partial charge in [-0.15, -0.1) is 0 Å². The highest BCUT2D eigenvalue weighted by molar-refractivity contribution is 6.02. The molecule has 1 aromatic rings. The Bertz CT molecular complexity index is 531. The van der Waals surface area contributed by atoms with E-state index in [2.05, 4.69) is 0 Å². The fourth-order valence-corrected chi connectivity index (χ4v) is 2.06. The number of anilines is 1. The molecule has 1 amide bonds. The third-order valence-electron chi connectivity index (χ3n) is 3.39. The number of carbonyl (C=O) groups excluding carboxylic acids is 2. The number of amides is 1. The Hall–Kier alpha value is -1.71. The first-order chi connectivity index (χ1) is 8.79. The predicted octanol–water partition coefficient (Wildman–Crippen LogP) is 2.72. The minimum atomic E-state index is -0.509. The molecule has 1 aliphatic rings. The highest BCUT2D eigenvalue weighted by Crippen LogP contribution is 2.29. The summed E-state index contributed by atoms with van der Waals surface area (Å²) in [5, 5.41) is 0. The second-order valence-corrected chi connectivity index (χ2v) is 5.93. The van der Waals surface area contributed by atoms with Gasteiger partial charge in [-0.1, -0.05) is 26.8 Å². The van der Waals surface area contributed by atoms with Crippen LogP contribution in [0, 0.1) is 11.2 Å². The first kappa shape index (κ1) is 13.7. The van der Waals surface area contributed by atoms with Crippen molar-refractivity contribution < 1.29 is 14.0 Å². The lowest BCUT2D eigenvalue weighted by atomic mass is 9.89. The Morgan fingerprint density at radius 2 is 2.00 bits per heavy atom. The maximum atomic E-state index is 13.3. The molecular formula is C15H18FNO2. The van der Waals surface area contributed by atoms with Crippen LogP contribution in [0.2, 0.25) is 0 Å². The lowest BCUT2D eigenvalue weighted by molar-refractivity contribution is -0.127. The summed E-state index contributed by atoms with van der Waals surface area (Å²) in [7, 11) is 0. The minimum Gasteiger partial charge on any atom is -0.305 e. The van der Waals surface area contributed by atoms with E-state index in [9.17, 15) is 14.0 Å². The van der Waals surface area contributed by atoms with Crippen molar-refractivity contribution in [1.82, 2.24) is 0 Å². The van der Waals surface area contributed by atoms with Crippen molar-refractivity contribution in [2.24, 2.45) is 5.41 Å². The van der Waals surface area contributed by atoms with Crippen molar-refractivity contribution in [2.75, 3.05) is 11.4 Å². The van der Waals surface area contributed by atoms with Crippen LogP contribution < -0.4 is 4.90 Å². The summed E-state index contributed by atoms with van der Waals surface area (Å²) >= 11 is 0. The molecular weight excluding hydrogens is 245 g/mol. The summed E-state index contributed by atoms with van der Waals surface area (Å²) in [4.78, 5) is 25.5.